The lowest BCUT2D eigenvalue weighted by molar-refractivity contribution is -0.130. The van der Waals surface area contributed by atoms with Crippen molar-refractivity contribution in [2.45, 2.75) is 27.2 Å². The average Bonchev–Trinajstić information content (AvgIpc) is 2.43. The molecular weight excluding hydrogens is 250 g/mol. The zero-order valence-corrected chi connectivity index (χ0v) is 12.9. The first-order valence-corrected chi connectivity index (χ1v) is 7.45. The molecule has 2 N–H and O–H groups in total. The van der Waals surface area contributed by atoms with Gasteiger partial charge in [-0.05, 0) is 37.7 Å². The van der Waals surface area contributed by atoms with Crippen molar-refractivity contribution in [3.8, 4) is 0 Å². The second-order valence-electron chi connectivity index (χ2n) is 4.92. The van der Waals surface area contributed by atoms with Gasteiger partial charge in [-0.2, -0.15) is 0 Å². The molecular formula is C16H27N3O. The van der Waals surface area contributed by atoms with Crippen LogP contribution in [0.5, 0.6) is 0 Å². The summed E-state index contributed by atoms with van der Waals surface area (Å²) in [5.41, 5.74) is 7.44. The summed E-state index contributed by atoms with van der Waals surface area (Å²) in [7, 11) is 0. The maximum Gasteiger partial charge on any atom is 0.227 e. The molecule has 0 aliphatic rings. The number of carbonyl (C=O) groups excluding carboxylic acids is 1. The zero-order valence-electron chi connectivity index (χ0n) is 12.9. The van der Waals surface area contributed by atoms with Gasteiger partial charge in [-0.25, -0.2) is 0 Å². The lowest BCUT2D eigenvalue weighted by atomic mass is 10.1. The van der Waals surface area contributed by atoms with E-state index in [1.807, 2.05) is 36.1 Å². The molecule has 0 heterocycles. The molecule has 1 aromatic carbocycles. The summed E-state index contributed by atoms with van der Waals surface area (Å²) < 4.78 is 0. The van der Waals surface area contributed by atoms with E-state index in [1.165, 1.54) is 0 Å². The predicted octanol–water partition coefficient (Wildman–Crippen LogP) is 2.00. The Kier molecular flexibility index (Phi) is 7.09. The van der Waals surface area contributed by atoms with E-state index in [9.17, 15) is 4.79 Å². The number of nitrogens with zero attached hydrogens (tertiary/aromatic N) is 2. The second-order valence-corrected chi connectivity index (χ2v) is 4.92. The summed E-state index contributed by atoms with van der Waals surface area (Å²) in [6, 6.07) is 7.55. The Morgan fingerprint density at radius 3 is 2.35 bits per heavy atom. The molecule has 112 valence electrons. The Morgan fingerprint density at radius 1 is 1.10 bits per heavy atom. The number of carbonyl (C=O) groups is 1. The molecule has 0 aliphatic heterocycles. The molecule has 0 unspecified atom stereocenters. The molecule has 0 radical (unpaired) electrons. The van der Waals surface area contributed by atoms with Gasteiger partial charge in [0.05, 0.1) is 6.42 Å². The Balaban J connectivity index is 2.54. The quantitative estimate of drug-likeness (QED) is 0.739. The summed E-state index contributed by atoms with van der Waals surface area (Å²) >= 11 is 0. The van der Waals surface area contributed by atoms with E-state index in [1.54, 1.807) is 0 Å². The van der Waals surface area contributed by atoms with Gasteiger partial charge in [0, 0.05) is 25.3 Å². The molecule has 1 aromatic rings. The Morgan fingerprint density at radius 2 is 1.80 bits per heavy atom. The van der Waals surface area contributed by atoms with Crippen LogP contribution in [0.4, 0.5) is 5.69 Å². The number of likely N-dealkylation sites (N-methyl/N-ethyl adjacent to an activating group) is 2. The number of amides is 1. The van der Waals surface area contributed by atoms with Crippen molar-refractivity contribution in [2.24, 2.45) is 0 Å². The summed E-state index contributed by atoms with van der Waals surface area (Å²) in [4.78, 5) is 16.6. The molecule has 4 heteroatoms. The van der Waals surface area contributed by atoms with Gasteiger partial charge in [-0.3, -0.25) is 4.79 Å². The first-order chi connectivity index (χ1) is 9.60. The third-order valence-corrected chi connectivity index (χ3v) is 3.62. The van der Waals surface area contributed by atoms with Crippen LogP contribution in [0.2, 0.25) is 0 Å². The molecule has 20 heavy (non-hydrogen) atoms. The number of benzene rings is 1. The monoisotopic (exact) mass is 277 g/mol. The largest absolute Gasteiger partial charge is 0.399 e. The average molecular weight is 277 g/mol. The van der Waals surface area contributed by atoms with Gasteiger partial charge in [-0.1, -0.05) is 26.0 Å². The van der Waals surface area contributed by atoms with Crippen LogP contribution in [0.25, 0.3) is 0 Å². The summed E-state index contributed by atoms with van der Waals surface area (Å²) in [5, 5.41) is 0. The minimum absolute atomic E-state index is 0.172. The fourth-order valence-corrected chi connectivity index (χ4v) is 2.25. The SMILES string of the molecule is CCN(CC)CCN(CC)C(=O)Cc1cccc(N)c1. The number of hydrogen-bond donors (Lipinski definition) is 1. The third-order valence-electron chi connectivity index (χ3n) is 3.62. The maximum absolute atomic E-state index is 12.3. The molecule has 0 aromatic heterocycles. The molecule has 0 saturated heterocycles. The molecule has 4 nitrogen and oxygen atoms in total. The van der Waals surface area contributed by atoms with Gasteiger partial charge in [0.25, 0.3) is 0 Å². The summed E-state index contributed by atoms with van der Waals surface area (Å²) in [5.74, 6) is 0.172. The molecule has 0 fully saturated rings. The first kappa shape index (κ1) is 16.5. The molecule has 1 amide bonds. The third kappa shape index (κ3) is 5.21. The smallest absolute Gasteiger partial charge is 0.227 e. The van der Waals surface area contributed by atoms with Gasteiger partial charge in [0.2, 0.25) is 5.91 Å². The highest BCUT2D eigenvalue weighted by Crippen LogP contribution is 2.08. The molecule has 0 atom stereocenters. The van der Waals surface area contributed by atoms with Crippen LogP contribution < -0.4 is 5.73 Å². The Bertz CT molecular complexity index is 416. The molecule has 0 spiro atoms. The number of anilines is 1. The fourth-order valence-electron chi connectivity index (χ4n) is 2.25. The predicted molar refractivity (Wildman–Crippen MR) is 84.6 cm³/mol. The van der Waals surface area contributed by atoms with Crippen LogP contribution in [0.15, 0.2) is 24.3 Å². The van der Waals surface area contributed by atoms with Crippen molar-refractivity contribution in [3.05, 3.63) is 29.8 Å². The van der Waals surface area contributed by atoms with Crippen LogP contribution in [-0.2, 0) is 11.2 Å². The van der Waals surface area contributed by atoms with Gasteiger partial charge in [-0.15, -0.1) is 0 Å². The maximum atomic E-state index is 12.3. The first-order valence-electron chi connectivity index (χ1n) is 7.45. The van der Waals surface area contributed by atoms with E-state index in [0.29, 0.717) is 12.1 Å². The minimum atomic E-state index is 0.172. The number of hydrogen-bond acceptors (Lipinski definition) is 3. The van der Waals surface area contributed by atoms with E-state index in [0.717, 1.165) is 38.3 Å². The Labute approximate surface area is 122 Å². The van der Waals surface area contributed by atoms with Crippen LogP contribution in [0.3, 0.4) is 0 Å². The topological polar surface area (TPSA) is 49.6 Å². The van der Waals surface area contributed by atoms with Crippen LogP contribution in [-0.4, -0.2) is 48.4 Å². The normalized spacial score (nSPS) is 10.8. The molecule has 0 bridgehead atoms. The fraction of sp³-hybridized carbons (Fsp3) is 0.562. The standard InChI is InChI=1S/C16H27N3O/c1-4-18(5-2)10-11-19(6-3)16(20)13-14-8-7-9-15(17)12-14/h7-9,12H,4-6,10-11,13,17H2,1-3H3. The number of nitrogen functional groups attached to an aromatic ring is 1. The van der Waals surface area contributed by atoms with Crippen LogP contribution in [0.1, 0.15) is 26.3 Å². The number of nitrogens with two attached hydrogens (primary N) is 1. The highest BCUT2D eigenvalue weighted by atomic mass is 16.2. The van der Waals surface area contributed by atoms with Crippen molar-refractivity contribution in [3.63, 3.8) is 0 Å². The highest BCUT2D eigenvalue weighted by Gasteiger charge is 2.13. The van der Waals surface area contributed by atoms with Crippen molar-refractivity contribution >= 4 is 11.6 Å². The molecule has 0 aliphatic carbocycles. The van der Waals surface area contributed by atoms with Gasteiger partial charge >= 0.3 is 0 Å². The van der Waals surface area contributed by atoms with Crippen molar-refractivity contribution < 1.29 is 4.79 Å². The Hall–Kier alpha value is -1.55. The van der Waals surface area contributed by atoms with Gasteiger partial charge in [0.15, 0.2) is 0 Å². The molecule has 0 saturated carbocycles. The van der Waals surface area contributed by atoms with E-state index >= 15 is 0 Å². The van der Waals surface area contributed by atoms with Crippen molar-refractivity contribution in [2.75, 3.05) is 38.5 Å². The second kappa shape index (κ2) is 8.59. The van der Waals surface area contributed by atoms with Crippen LogP contribution >= 0.6 is 0 Å². The lowest BCUT2D eigenvalue weighted by Crippen LogP contribution is -2.39. The van der Waals surface area contributed by atoms with Crippen molar-refractivity contribution in [1.82, 2.24) is 9.80 Å². The van der Waals surface area contributed by atoms with E-state index in [2.05, 4.69) is 18.7 Å². The zero-order chi connectivity index (χ0) is 15.0. The van der Waals surface area contributed by atoms with Crippen molar-refractivity contribution in [1.29, 1.82) is 0 Å². The van der Waals surface area contributed by atoms with Gasteiger partial charge < -0.3 is 15.5 Å². The molecule has 1 rings (SSSR count). The summed E-state index contributed by atoms with van der Waals surface area (Å²) in [6.45, 7) is 10.8. The number of rotatable bonds is 8. The van der Waals surface area contributed by atoms with Gasteiger partial charge in [0.1, 0.15) is 0 Å². The lowest BCUT2D eigenvalue weighted by Gasteiger charge is -2.25. The summed E-state index contributed by atoms with van der Waals surface area (Å²) in [6.07, 6.45) is 0.428. The van der Waals surface area contributed by atoms with E-state index in [-0.39, 0.29) is 5.91 Å². The van der Waals surface area contributed by atoms with E-state index in [4.69, 9.17) is 5.73 Å². The minimum Gasteiger partial charge on any atom is -0.399 e. The highest BCUT2D eigenvalue weighted by molar-refractivity contribution is 5.79. The van der Waals surface area contributed by atoms with Crippen LogP contribution in [0, 0.1) is 0 Å². The van der Waals surface area contributed by atoms with E-state index < -0.39 is 0 Å².